The summed E-state index contributed by atoms with van der Waals surface area (Å²) in [4.78, 5) is 0. The molecule has 0 aromatic rings. The van der Waals surface area contributed by atoms with Gasteiger partial charge in [-0.05, 0) is 52.4 Å². The van der Waals surface area contributed by atoms with Crippen LogP contribution in [0.2, 0.25) is 144 Å². The molecule has 70 heavy (non-hydrogen) atoms. The van der Waals surface area contributed by atoms with Crippen LogP contribution in [0.15, 0.2) is 0 Å². The predicted molar refractivity (Wildman–Crippen MR) is 274 cm³/mol. The summed E-state index contributed by atoms with van der Waals surface area (Å²) >= 11 is 0. The van der Waals surface area contributed by atoms with E-state index in [0.717, 1.165) is 0 Å². The van der Waals surface area contributed by atoms with Crippen LogP contribution in [0.4, 0.5) is 0 Å². The molecule has 0 aromatic carbocycles. The Bertz CT molecular complexity index is 2120. The van der Waals surface area contributed by atoms with Crippen molar-refractivity contribution < 1.29 is 115 Å². The number of fused-ring (bicyclic) bond motifs is 16. The largest absolute Gasteiger partial charge is 0.553 e. The summed E-state index contributed by atoms with van der Waals surface area (Å²) in [6, 6.07) is 0. The molecule has 48 heteroatoms. The standard InChI is InChI=1S/C22H66O28Si20/c1-53(2)29-54(3,4)32-61(13)35-57(9)23-51(27-59(11,31-53)37-61)24-58(10)26-52(25-57)28-60(12)38-64(16,36-58)43-68(20)44-65(17,39-60)45-69(21)47-66(18)41-62(14)33-55(5,6)30-56(7,8)34-63(15,40-62)42-67(19,46-66)48-70(22,49-68)50-69/h1-22H3. The van der Waals surface area contributed by atoms with Gasteiger partial charge in [0.1, 0.15) is 0 Å². The molecule has 9 aliphatic heterocycles. The quantitative estimate of drug-likeness (QED) is 0.315. The van der Waals surface area contributed by atoms with Gasteiger partial charge in [0, 0.05) is 91.7 Å². The van der Waals surface area contributed by atoms with Crippen LogP contribution in [0.1, 0.15) is 0 Å². The van der Waals surface area contributed by atoms with E-state index in [0.29, 0.717) is 0 Å². The van der Waals surface area contributed by atoms with Crippen molar-refractivity contribution >= 4 is 177 Å². The number of hydrogen-bond donors (Lipinski definition) is 0. The van der Waals surface area contributed by atoms with Gasteiger partial charge in [-0.1, -0.05) is 0 Å². The SMILES string of the molecule is C[Si]1(C)O[Si](C)(C)O[Si]2(C)O[Si]3(C)O[Si](O[Si]4(C)O[Si](O3)O[Si]3(C)O[Si](C)(O4)O[Si]4(C)O[Si](C)(O3)O[Si]3(C)O[Si]5(C)O[Si]6(C)O[Si](C)(C)O[Si](C)(C)O[Si](C)(O6)O[Si](C)(O5)O[Si](C)(O4)O3)O[Si](C)(O1)O2. The molecule has 0 saturated carbocycles. The first-order chi connectivity index (χ1) is 31.1. The first-order valence-corrected chi connectivity index (χ1v) is 67.3. The molecule has 402 valence electrons. The fourth-order valence-electron chi connectivity index (χ4n) is 10.3. The van der Waals surface area contributed by atoms with Gasteiger partial charge < -0.3 is 115 Å². The van der Waals surface area contributed by atoms with Crippen LogP contribution in [-0.2, 0) is 115 Å². The molecular weight excluding hydrogens is 1270 g/mol. The minimum Gasteiger partial charge on any atom is -0.416 e. The van der Waals surface area contributed by atoms with Crippen molar-refractivity contribution in [3.63, 3.8) is 0 Å². The van der Waals surface area contributed by atoms with E-state index in [-0.39, 0.29) is 0 Å². The van der Waals surface area contributed by atoms with Gasteiger partial charge in [-0.2, -0.15) is 0 Å². The second kappa shape index (κ2) is 17.4. The molecule has 9 aliphatic rings. The van der Waals surface area contributed by atoms with Gasteiger partial charge in [-0.15, -0.1) is 0 Å². The zero-order valence-corrected chi connectivity index (χ0v) is 63.4. The fraction of sp³-hybridized carbons (Fsp3) is 1.00. The van der Waals surface area contributed by atoms with Crippen molar-refractivity contribution in [2.45, 2.75) is 144 Å². The monoisotopic (exact) mass is 1340 g/mol. The molecule has 9 saturated heterocycles. The van der Waals surface area contributed by atoms with E-state index >= 15 is 0 Å². The van der Waals surface area contributed by atoms with Gasteiger partial charge in [0.2, 0.25) is 0 Å². The smallest absolute Gasteiger partial charge is 0.416 e. The average Bonchev–Trinajstić information content (AvgIpc) is 2.92. The van der Waals surface area contributed by atoms with E-state index in [1.54, 1.807) is 91.7 Å². The average molecular weight is 1340 g/mol. The topological polar surface area (TPSA) is 258 Å². The highest BCUT2D eigenvalue weighted by molar-refractivity contribution is 7.02. The zero-order valence-electron chi connectivity index (χ0n) is 43.4. The zero-order chi connectivity index (χ0) is 52.0. The van der Waals surface area contributed by atoms with Crippen LogP contribution >= 0.6 is 0 Å². The van der Waals surface area contributed by atoms with Gasteiger partial charge >= 0.3 is 177 Å². The Morgan fingerprint density at radius 3 is 0.486 bits per heavy atom. The molecule has 9 heterocycles. The van der Waals surface area contributed by atoms with Gasteiger partial charge in [0.05, 0.1) is 0 Å². The van der Waals surface area contributed by atoms with E-state index in [4.69, 9.17) is 115 Å². The first kappa shape index (κ1) is 57.9. The van der Waals surface area contributed by atoms with Crippen LogP contribution in [0.3, 0.4) is 0 Å². The van der Waals surface area contributed by atoms with Gasteiger partial charge in [0.25, 0.3) is 0 Å². The van der Waals surface area contributed by atoms with Crippen molar-refractivity contribution in [3.8, 4) is 0 Å². The molecule has 2 radical (unpaired) electrons. The lowest BCUT2D eigenvalue weighted by atomic mass is 11.9. The van der Waals surface area contributed by atoms with Crippen molar-refractivity contribution in [2.75, 3.05) is 0 Å². The molecule has 14 atom stereocenters. The summed E-state index contributed by atoms with van der Waals surface area (Å²) in [5.41, 5.74) is 0. The van der Waals surface area contributed by atoms with Gasteiger partial charge in [-0.25, -0.2) is 0 Å². The third-order valence-corrected chi connectivity index (χ3v) is 92.3. The second-order valence-electron chi connectivity index (χ2n) is 21.0. The minimum absolute atomic E-state index is 1.63. The Labute approximate surface area is 432 Å². The maximum absolute atomic E-state index is 7.06. The summed E-state index contributed by atoms with van der Waals surface area (Å²) in [5.74, 6) is 0. The van der Waals surface area contributed by atoms with Crippen LogP contribution < -0.4 is 0 Å². The van der Waals surface area contributed by atoms with Crippen molar-refractivity contribution in [1.29, 1.82) is 0 Å². The summed E-state index contributed by atoms with van der Waals surface area (Å²) in [6.45, 7) is 38.7. The van der Waals surface area contributed by atoms with Crippen LogP contribution in [0, 0.1) is 0 Å². The van der Waals surface area contributed by atoms with Crippen molar-refractivity contribution in [2.24, 2.45) is 0 Å². The lowest BCUT2D eigenvalue weighted by Crippen LogP contribution is -2.83. The maximum Gasteiger partial charge on any atom is 0.553 e. The number of rotatable bonds is 0. The predicted octanol–water partition coefficient (Wildman–Crippen LogP) is 3.31. The third-order valence-electron chi connectivity index (χ3n) is 10.3. The first-order valence-electron chi connectivity index (χ1n) is 22.4. The summed E-state index contributed by atoms with van der Waals surface area (Å²) < 4.78 is 192. The van der Waals surface area contributed by atoms with E-state index < -0.39 is 177 Å². The van der Waals surface area contributed by atoms with E-state index in [1.165, 1.54) is 0 Å². The van der Waals surface area contributed by atoms with Crippen molar-refractivity contribution in [3.05, 3.63) is 0 Å². The number of hydrogen-bond acceptors (Lipinski definition) is 28. The Hall–Kier alpha value is 3.22. The highest BCUT2D eigenvalue weighted by atomic mass is 28.6. The normalized spacial score (nSPS) is 56.0. The van der Waals surface area contributed by atoms with E-state index in [9.17, 15) is 0 Å². The molecular formula is C22H66O28Si20. The molecule has 0 aliphatic carbocycles. The molecule has 16 bridgehead atoms. The minimum atomic E-state index is -4.26. The molecule has 0 aromatic heterocycles. The third kappa shape index (κ3) is 12.9. The molecule has 0 N–H and O–H groups in total. The molecule has 14 unspecified atom stereocenters. The second-order valence-corrected chi connectivity index (χ2v) is 80.2. The molecule has 9 rings (SSSR count). The van der Waals surface area contributed by atoms with E-state index in [2.05, 4.69) is 0 Å². The van der Waals surface area contributed by atoms with Crippen LogP contribution in [-0.4, -0.2) is 177 Å². The van der Waals surface area contributed by atoms with Crippen molar-refractivity contribution in [1.82, 2.24) is 0 Å². The van der Waals surface area contributed by atoms with Crippen LogP contribution in [0.25, 0.3) is 0 Å². The highest BCUT2D eigenvalue weighted by Gasteiger charge is 2.78. The Kier molecular flexibility index (Phi) is 14.4. The van der Waals surface area contributed by atoms with Gasteiger partial charge in [-0.3, -0.25) is 0 Å². The van der Waals surface area contributed by atoms with Gasteiger partial charge in [0.15, 0.2) is 0 Å². The summed E-state index contributed by atoms with van der Waals surface area (Å²) in [7, 11) is -74.6. The lowest BCUT2D eigenvalue weighted by Gasteiger charge is -2.57. The lowest BCUT2D eigenvalue weighted by molar-refractivity contribution is 0.00747. The Morgan fingerprint density at radius 2 is 0.271 bits per heavy atom. The Balaban J connectivity index is 1.10. The fourth-order valence-corrected chi connectivity index (χ4v) is 113. The summed E-state index contributed by atoms with van der Waals surface area (Å²) in [5, 5.41) is 0. The molecule has 9 fully saturated rings. The molecule has 28 nitrogen and oxygen atoms in total. The Morgan fingerprint density at radius 1 is 0.143 bits per heavy atom. The van der Waals surface area contributed by atoms with E-state index in [1.807, 2.05) is 52.4 Å². The van der Waals surface area contributed by atoms with Crippen LogP contribution in [0.5, 0.6) is 0 Å². The highest BCUT2D eigenvalue weighted by Crippen LogP contribution is 2.48. The molecule has 0 amide bonds. The molecule has 0 spiro atoms. The summed E-state index contributed by atoms with van der Waals surface area (Å²) in [6.07, 6.45) is 0. The maximum atomic E-state index is 7.06.